The third-order valence-electron chi connectivity index (χ3n) is 3.42. The Morgan fingerprint density at radius 2 is 1.83 bits per heavy atom. The first-order valence-electron chi connectivity index (χ1n) is 6.44. The number of carboxylic acid groups (broad SMARTS) is 1. The molecule has 0 aromatic rings. The van der Waals surface area contributed by atoms with E-state index in [4.69, 9.17) is 5.11 Å². The van der Waals surface area contributed by atoms with Gasteiger partial charge in [-0.15, -0.1) is 0 Å². The summed E-state index contributed by atoms with van der Waals surface area (Å²) in [6.45, 7) is 7.81. The summed E-state index contributed by atoms with van der Waals surface area (Å²) in [5, 5.41) is 8.89. The molecule has 0 bridgehead atoms. The number of urea groups is 1. The van der Waals surface area contributed by atoms with Crippen molar-refractivity contribution in [3.63, 3.8) is 0 Å². The minimum absolute atomic E-state index is 0.193. The number of amides is 2. The van der Waals surface area contributed by atoms with Crippen molar-refractivity contribution in [1.29, 1.82) is 0 Å². The largest absolute Gasteiger partial charge is 0.480 e. The van der Waals surface area contributed by atoms with E-state index in [1.54, 1.807) is 11.9 Å². The number of hydrogen-bond donors (Lipinski definition) is 1. The van der Waals surface area contributed by atoms with E-state index < -0.39 is 12.0 Å². The lowest BCUT2D eigenvalue weighted by Crippen LogP contribution is -2.54. The topological polar surface area (TPSA) is 64.1 Å². The maximum Gasteiger partial charge on any atom is 0.326 e. The fraction of sp³-hybridized carbons (Fsp3) is 0.833. The van der Waals surface area contributed by atoms with E-state index in [0.29, 0.717) is 13.1 Å². The van der Waals surface area contributed by atoms with Crippen LogP contribution in [-0.4, -0.2) is 77.6 Å². The Hall–Kier alpha value is -1.30. The number of carboxylic acids is 1. The summed E-state index contributed by atoms with van der Waals surface area (Å²) in [5.74, 6) is -0.976. The molecule has 6 heteroatoms. The summed E-state index contributed by atoms with van der Waals surface area (Å²) in [6.07, 6.45) is 1.11. The van der Waals surface area contributed by atoms with Crippen LogP contribution >= 0.6 is 0 Å². The van der Waals surface area contributed by atoms with E-state index in [1.807, 2.05) is 0 Å². The van der Waals surface area contributed by atoms with E-state index in [-0.39, 0.29) is 6.03 Å². The Kier molecular flexibility index (Phi) is 5.40. The predicted molar refractivity (Wildman–Crippen MR) is 68.6 cm³/mol. The molecule has 1 N–H and O–H groups in total. The van der Waals surface area contributed by atoms with Crippen molar-refractivity contribution >= 4 is 12.0 Å². The van der Waals surface area contributed by atoms with Gasteiger partial charge in [-0.05, 0) is 19.9 Å². The lowest BCUT2D eigenvalue weighted by molar-refractivity contribution is -0.141. The fourth-order valence-corrected chi connectivity index (χ4v) is 2.03. The maximum atomic E-state index is 12.1. The van der Waals surface area contributed by atoms with Crippen LogP contribution < -0.4 is 0 Å². The number of aliphatic carboxylic acids is 1. The molecule has 1 heterocycles. The van der Waals surface area contributed by atoms with Gasteiger partial charge in [-0.25, -0.2) is 9.59 Å². The van der Waals surface area contributed by atoms with Gasteiger partial charge in [-0.1, -0.05) is 6.92 Å². The molecule has 6 nitrogen and oxygen atoms in total. The Bertz CT molecular complexity index is 301. The molecule has 1 fully saturated rings. The molecule has 1 aliphatic rings. The second kappa shape index (κ2) is 6.58. The number of nitrogens with zero attached hydrogens (tertiary/aromatic N) is 3. The molecule has 1 atom stereocenters. The minimum atomic E-state index is -0.976. The number of piperazine rings is 1. The molecular weight excluding hydrogens is 234 g/mol. The van der Waals surface area contributed by atoms with Crippen LogP contribution in [0.2, 0.25) is 0 Å². The highest BCUT2D eigenvalue weighted by Gasteiger charge is 2.28. The van der Waals surface area contributed by atoms with Crippen molar-refractivity contribution in [3.05, 3.63) is 0 Å². The first-order chi connectivity index (χ1) is 8.47. The molecule has 0 spiro atoms. The van der Waals surface area contributed by atoms with E-state index in [1.165, 1.54) is 11.8 Å². The first kappa shape index (κ1) is 14.8. The lowest BCUT2D eigenvalue weighted by Gasteiger charge is -2.37. The van der Waals surface area contributed by atoms with Crippen molar-refractivity contribution < 1.29 is 14.7 Å². The van der Waals surface area contributed by atoms with Crippen molar-refractivity contribution in [2.24, 2.45) is 0 Å². The number of hydrogen-bond acceptors (Lipinski definition) is 3. The highest BCUT2D eigenvalue weighted by Crippen LogP contribution is 2.07. The molecule has 0 saturated carbocycles. The summed E-state index contributed by atoms with van der Waals surface area (Å²) in [6, 6.07) is -0.979. The molecule has 2 amide bonds. The quantitative estimate of drug-likeness (QED) is 0.798. The van der Waals surface area contributed by atoms with Crippen LogP contribution in [0.5, 0.6) is 0 Å². The highest BCUT2D eigenvalue weighted by atomic mass is 16.4. The SMILES string of the molecule is CCCN1CCN(C(=O)N(C)C(C)C(=O)O)CC1. The van der Waals surface area contributed by atoms with Gasteiger partial charge in [-0.2, -0.15) is 0 Å². The molecule has 1 aliphatic heterocycles. The second-order valence-corrected chi connectivity index (χ2v) is 4.74. The van der Waals surface area contributed by atoms with E-state index in [9.17, 15) is 9.59 Å². The fourth-order valence-electron chi connectivity index (χ4n) is 2.03. The van der Waals surface area contributed by atoms with E-state index >= 15 is 0 Å². The summed E-state index contributed by atoms with van der Waals surface area (Å²) in [4.78, 5) is 28.3. The minimum Gasteiger partial charge on any atom is -0.480 e. The smallest absolute Gasteiger partial charge is 0.326 e. The first-order valence-corrected chi connectivity index (χ1v) is 6.44. The molecule has 1 rings (SSSR count). The van der Waals surface area contributed by atoms with Gasteiger partial charge in [0.15, 0.2) is 0 Å². The van der Waals surface area contributed by atoms with Gasteiger partial charge >= 0.3 is 12.0 Å². The standard InChI is InChI=1S/C12H23N3O3/c1-4-5-14-6-8-15(9-7-14)12(18)13(3)10(2)11(16)17/h10H,4-9H2,1-3H3,(H,16,17). The zero-order valence-electron chi connectivity index (χ0n) is 11.4. The van der Waals surface area contributed by atoms with Gasteiger partial charge in [0.05, 0.1) is 0 Å². The van der Waals surface area contributed by atoms with Crippen molar-refractivity contribution in [3.8, 4) is 0 Å². The van der Waals surface area contributed by atoms with Crippen molar-refractivity contribution in [2.45, 2.75) is 26.3 Å². The molecule has 18 heavy (non-hydrogen) atoms. The van der Waals surface area contributed by atoms with Gasteiger partial charge in [0.25, 0.3) is 0 Å². The van der Waals surface area contributed by atoms with Gasteiger partial charge in [0.1, 0.15) is 6.04 Å². The normalized spacial score (nSPS) is 18.5. The number of carbonyl (C=O) groups is 2. The van der Waals surface area contributed by atoms with Gasteiger partial charge in [0, 0.05) is 33.2 Å². The molecule has 1 unspecified atom stereocenters. The Morgan fingerprint density at radius 3 is 2.28 bits per heavy atom. The zero-order chi connectivity index (χ0) is 13.7. The van der Waals surface area contributed by atoms with Crippen molar-refractivity contribution in [2.75, 3.05) is 39.8 Å². The summed E-state index contributed by atoms with van der Waals surface area (Å²) in [5.41, 5.74) is 0. The molecule has 0 aromatic carbocycles. The number of likely N-dealkylation sites (N-methyl/N-ethyl adjacent to an activating group) is 1. The highest BCUT2D eigenvalue weighted by molar-refractivity contribution is 5.82. The summed E-state index contributed by atoms with van der Waals surface area (Å²) in [7, 11) is 1.54. The summed E-state index contributed by atoms with van der Waals surface area (Å²) >= 11 is 0. The molecule has 0 radical (unpaired) electrons. The van der Waals surface area contributed by atoms with Crippen LogP contribution in [0.25, 0.3) is 0 Å². The monoisotopic (exact) mass is 257 g/mol. The van der Waals surface area contributed by atoms with Crippen LogP contribution in [-0.2, 0) is 4.79 Å². The predicted octanol–water partition coefficient (Wildman–Crippen LogP) is 0.539. The second-order valence-electron chi connectivity index (χ2n) is 4.74. The Labute approximate surface area is 108 Å². The Morgan fingerprint density at radius 1 is 1.28 bits per heavy atom. The van der Waals surface area contributed by atoms with E-state index in [2.05, 4.69) is 11.8 Å². The Balaban J connectivity index is 2.47. The van der Waals surface area contributed by atoms with Crippen LogP contribution in [0.15, 0.2) is 0 Å². The molecule has 1 saturated heterocycles. The van der Waals surface area contributed by atoms with Crippen LogP contribution in [0, 0.1) is 0 Å². The average Bonchev–Trinajstić information content (AvgIpc) is 2.37. The molecule has 104 valence electrons. The average molecular weight is 257 g/mol. The van der Waals surface area contributed by atoms with Gasteiger partial charge in [-0.3, -0.25) is 4.90 Å². The summed E-state index contributed by atoms with van der Waals surface area (Å²) < 4.78 is 0. The molecular formula is C12H23N3O3. The van der Waals surface area contributed by atoms with Crippen molar-refractivity contribution in [1.82, 2.24) is 14.7 Å². The van der Waals surface area contributed by atoms with Gasteiger partial charge < -0.3 is 14.9 Å². The maximum absolute atomic E-state index is 12.1. The molecule has 0 aromatic heterocycles. The van der Waals surface area contributed by atoms with Crippen LogP contribution in [0.3, 0.4) is 0 Å². The number of rotatable bonds is 4. The third kappa shape index (κ3) is 3.60. The number of carbonyl (C=O) groups excluding carboxylic acids is 1. The lowest BCUT2D eigenvalue weighted by atomic mass is 10.3. The zero-order valence-corrected chi connectivity index (χ0v) is 11.4. The van der Waals surface area contributed by atoms with E-state index in [0.717, 1.165) is 26.1 Å². The molecule has 0 aliphatic carbocycles. The van der Waals surface area contributed by atoms with Crippen LogP contribution in [0.1, 0.15) is 20.3 Å². The third-order valence-corrected chi connectivity index (χ3v) is 3.42. The van der Waals surface area contributed by atoms with Crippen LogP contribution in [0.4, 0.5) is 4.79 Å². The van der Waals surface area contributed by atoms with Gasteiger partial charge in [0.2, 0.25) is 0 Å².